The van der Waals surface area contributed by atoms with Crippen LogP contribution in [0.25, 0.3) is 0 Å². The lowest BCUT2D eigenvalue weighted by molar-refractivity contribution is -0.116. The second kappa shape index (κ2) is 9.95. The number of anilines is 2. The highest BCUT2D eigenvalue weighted by molar-refractivity contribution is 7.89. The van der Waals surface area contributed by atoms with E-state index in [4.69, 9.17) is 10.5 Å². The van der Waals surface area contributed by atoms with Crippen LogP contribution in [0.3, 0.4) is 0 Å². The van der Waals surface area contributed by atoms with Gasteiger partial charge in [-0.05, 0) is 43.3 Å². The predicted octanol–water partition coefficient (Wildman–Crippen LogP) is 1.79. The number of carbonyl (C=O) groups is 1. The first-order chi connectivity index (χ1) is 11.9. The fraction of sp³-hybridized carbons (Fsp3) is 0.250. The highest BCUT2D eigenvalue weighted by Crippen LogP contribution is 2.15. The molecule has 0 saturated carbocycles. The lowest BCUT2D eigenvalue weighted by Crippen LogP contribution is -2.27. The summed E-state index contributed by atoms with van der Waals surface area (Å²) in [5.74, 6) is 0.611. The maximum Gasteiger partial charge on any atom is 0.240 e. The van der Waals surface area contributed by atoms with Crippen LogP contribution in [0.2, 0.25) is 0 Å². The number of ether oxygens (including phenoxy) is 1. The number of rotatable bonds is 8. The standard InChI is InChI=1S/C16H20N4O4S.ClH/c1-2-24-13-4-6-14(7-5-13)25(22,23)19-10-9-16(21)20-12-3-8-15(17)18-11-12;/h3-8,11,19H,2,9-10H2,1H3,(H2,17,18)(H,20,21);1H. The molecule has 0 fully saturated rings. The fourth-order valence-corrected chi connectivity index (χ4v) is 3.00. The number of nitrogens with two attached hydrogens (primary N) is 1. The number of benzene rings is 1. The zero-order valence-corrected chi connectivity index (χ0v) is 15.8. The number of nitrogens with zero attached hydrogens (tertiary/aromatic N) is 1. The average Bonchev–Trinajstić information content (AvgIpc) is 2.57. The van der Waals surface area contributed by atoms with Crippen LogP contribution in [0.4, 0.5) is 11.5 Å². The maximum absolute atomic E-state index is 12.2. The highest BCUT2D eigenvalue weighted by atomic mass is 35.5. The maximum atomic E-state index is 12.2. The van der Waals surface area contributed by atoms with Crippen LogP contribution in [0.5, 0.6) is 5.75 Å². The van der Waals surface area contributed by atoms with E-state index >= 15 is 0 Å². The monoisotopic (exact) mass is 400 g/mol. The third-order valence-corrected chi connectivity index (χ3v) is 4.64. The Morgan fingerprint density at radius 2 is 1.88 bits per heavy atom. The van der Waals surface area contributed by atoms with Crippen molar-refractivity contribution in [2.45, 2.75) is 18.2 Å². The van der Waals surface area contributed by atoms with Crippen molar-refractivity contribution in [1.82, 2.24) is 9.71 Å². The second-order valence-corrected chi connectivity index (χ2v) is 6.84. The molecule has 10 heteroatoms. The van der Waals surface area contributed by atoms with E-state index in [2.05, 4.69) is 15.0 Å². The summed E-state index contributed by atoms with van der Waals surface area (Å²) in [6.07, 6.45) is 1.41. The Morgan fingerprint density at radius 1 is 1.19 bits per heavy atom. The van der Waals surface area contributed by atoms with Crippen LogP contribution in [-0.4, -0.2) is 32.5 Å². The lowest BCUT2D eigenvalue weighted by Gasteiger charge is -2.08. The average molecular weight is 401 g/mol. The molecule has 4 N–H and O–H groups in total. The van der Waals surface area contributed by atoms with Crippen LogP contribution in [0.1, 0.15) is 13.3 Å². The van der Waals surface area contributed by atoms with Crippen molar-refractivity contribution >= 4 is 39.8 Å². The lowest BCUT2D eigenvalue weighted by atomic mass is 10.3. The van der Waals surface area contributed by atoms with E-state index in [1.165, 1.54) is 18.3 Å². The van der Waals surface area contributed by atoms with E-state index in [0.29, 0.717) is 23.9 Å². The molecule has 0 aliphatic carbocycles. The number of nitrogen functional groups attached to an aromatic ring is 1. The molecule has 8 nitrogen and oxygen atoms in total. The number of aromatic nitrogens is 1. The molecule has 0 aliphatic heterocycles. The normalized spacial score (nSPS) is 10.7. The van der Waals surface area contributed by atoms with E-state index < -0.39 is 10.0 Å². The largest absolute Gasteiger partial charge is 0.494 e. The molecule has 0 unspecified atom stereocenters. The molecular formula is C16H21ClN4O4S. The molecule has 1 heterocycles. The number of pyridine rings is 1. The quantitative estimate of drug-likeness (QED) is 0.620. The Hall–Kier alpha value is -2.36. The van der Waals surface area contributed by atoms with E-state index in [-0.39, 0.29) is 36.2 Å². The van der Waals surface area contributed by atoms with Gasteiger partial charge in [0.1, 0.15) is 11.6 Å². The van der Waals surface area contributed by atoms with Gasteiger partial charge in [-0.1, -0.05) is 0 Å². The van der Waals surface area contributed by atoms with Gasteiger partial charge in [0.05, 0.1) is 23.4 Å². The van der Waals surface area contributed by atoms with E-state index in [0.717, 1.165) is 0 Å². The van der Waals surface area contributed by atoms with Gasteiger partial charge in [-0.2, -0.15) is 0 Å². The number of nitrogens with one attached hydrogen (secondary N) is 2. The van der Waals surface area contributed by atoms with Crippen LogP contribution < -0.4 is 20.5 Å². The molecule has 0 saturated heterocycles. The second-order valence-electron chi connectivity index (χ2n) is 5.07. The van der Waals surface area contributed by atoms with Crippen molar-refractivity contribution < 1.29 is 17.9 Å². The first-order valence-corrected chi connectivity index (χ1v) is 9.13. The minimum Gasteiger partial charge on any atom is -0.494 e. The number of hydrogen-bond donors (Lipinski definition) is 3. The fourth-order valence-electron chi connectivity index (χ4n) is 1.97. The molecule has 0 atom stereocenters. The SMILES string of the molecule is CCOc1ccc(S(=O)(=O)NCCC(=O)Nc2ccc(N)nc2)cc1.Cl. The summed E-state index contributed by atoms with van der Waals surface area (Å²) >= 11 is 0. The van der Waals surface area contributed by atoms with Crippen LogP contribution in [-0.2, 0) is 14.8 Å². The molecule has 2 aromatic rings. The zero-order chi connectivity index (χ0) is 18.3. The molecular weight excluding hydrogens is 380 g/mol. The number of hydrogen-bond acceptors (Lipinski definition) is 6. The minimum atomic E-state index is -3.68. The summed E-state index contributed by atoms with van der Waals surface area (Å²) in [5, 5.41) is 2.61. The first-order valence-electron chi connectivity index (χ1n) is 7.64. The molecule has 1 amide bonds. The Balaban J connectivity index is 0.00000338. The van der Waals surface area contributed by atoms with Crippen LogP contribution >= 0.6 is 12.4 Å². The molecule has 0 spiro atoms. The Kier molecular flexibility index (Phi) is 8.30. The van der Waals surface area contributed by atoms with Gasteiger partial charge in [-0.25, -0.2) is 18.1 Å². The van der Waals surface area contributed by atoms with Crippen molar-refractivity contribution in [1.29, 1.82) is 0 Å². The van der Waals surface area contributed by atoms with Crippen molar-refractivity contribution in [3.05, 3.63) is 42.6 Å². The summed E-state index contributed by atoms with van der Waals surface area (Å²) in [7, 11) is -3.68. The summed E-state index contributed by atoms with van der Waals surface area (Å²) in [6.45, 7) is 2.32. The molecule has 142 valence electrons. The topological polar surface area (TPSA) is 123 Å². The third-order valence-electron chi connectivity index (χ3n) is 3.16. The van der Waals surface area contributed by atoms with E-state index in [1.807, 2.05) is 6.92 Å². The summed E-state index contributed by atoms with van der Waals surface area (Å²) in [5.41, 5.74) is 5.95. The van der Waals surface area contributed by atoms with Gasteiger partial charge in [-0.15, -0.1) is 12.4 Å². The molecule has 26 heavy (non-hydrogen) atoms. The smallest absolute Gasteiger partial charge is 0.240 e. The van der Waals surface area contributed by atoms with Crippen molar-refractivity contribution in [3.8, 4) is 5.75 Å². The van der Waals surface area contributed by atoms with Crippen molar-refractivity contribution in [2.75, 3.05) is 24.2 Å². The third kappa shape index (κ3) is 6.51. The molecule has 0 aliphatic rings. The Bertz CT molecular complexity index is 811. The predicted molar refractivity (Wildman–Crippen MR) is 102 cm³/mol. The number of amides is 1. The van der Waals surface area contributed by atoms with Gasteiger partial charge in [0, 0.05) is 13.0 Å². The zero-order valence-electron chi connectivity index (χ0n) is 14.1. The molecule has 0 bridgehead atoms. The van der Waals surface area contributed by atoms with Crippen LogP contribution in [0, 0.1) is 0 Å². The first kappa shape index (κ1) is 21.7. The summed E-state index contributed by atoms with van der Waals surface area (Å²) < 4.78 is 32.0. The Morgan fingerprint density at radius 3 is 2.46 bits per heavy atom. The van der Waals surface area contributed by atoms with Gasteiger partial charge >= 0.3 is 0 Å². The minimum absolute atomic E-state index is 0. The summed E-state index contributed by atoms with van der Waals surface area (Å²) in [4.78, 5) is 15.8. The number of sulfonamides is 1. The number of carbonyl (C=O) groups excluding carboxylic acids is 1. The number of halogens is 1. The van der Waals surface area contributed by atoms with E-state index in [9.17, 15) is 13.2 Å². The molecule has 1 aromatic carbocycles. The van der Waals surface area contributed by atoms with E-state index in [1.54, 1.807) is 24.3 Å². The van der Waals surface area contributed by atoms with Gasteiger partial charge < -0.3 is 15.8 Å². The highest BCUT2D eigenvalue weighted by Gasteiger charge is 2.14. The van der Waals surface area contributed by atoms with Crippen molar-refractivity contribution in [2.24, 2.45) is 0 Å². The van der Waals surface area contributed by atoms with Gasteiger partial charge in [-0.3, -0.25) is 4.79 Å². The summed E-state index contributed by atoms with van der Waals surface area (Å²) in [6, 6.07) is 9.24. The van der Waals surface area contributed by atoms with Gasteiger partial charge in [0.25, 0.3) is 0 Å². The molecule has 1 aromatic heterocycles. The van der Waals surface area contributed by atoms with Crippen LogP contribution in [0.15, 0.2) is 47.5 Å². The van der Waals surface area contributed by atoms with Gasteiger partial charge in [0.15, 0.2) is 0 Å². The van der Waals surface area contributed by atoms with Gasteiger partial charge in [0.2, 0.25) is 15.9 Å². The Labute approximate surface area is 158 Å². The molecule has 0 radical (unpaired) electrons. The van der Waals surface area contributed by atoms with Crippen molar-refractivity contribution in [3.63, 3.8) is 0 Å². The molecule has 2 rings (SSSR count).